The molecule has 0 heterocycles. The van der Waals surface area contributed by atoms with Crippen LogP contribution in [0, 0.1) is 13.8 Å². The van der Waals surface area contributed by atoms with Crippen molar-refractivity contribution in [3.05, 3.63) is 99.6 Å². The van der Waals surface area contributed by atoms with Crippen LogP contribution in [0.4, 0.5) is 0 Å². The van der Waals surface area contributed by atoms with Gasteiger partial charge in [0.25, 0.3) is 0 Å². The van der Waals surface area contributed by atoms with Gasteiger partial charge in [0.15, 0.2) is 0 Å². The lowest BCUT2D eigenvalue weighted by Crippen LogP contribution is -2.53. The number of hydrogen-bond donors (Lipinski definition) is 4. The molecule has 0 aliphatic heterocycles. The number of primary amides is 1. The van der Waals surface area contributed by atoms with Crippen LogP contribution >= 0.6 is 0 Å². The molecule has 0 saturated carbocycles. The van der Waals surface area contributed by atoms with Gasteiger partial charge in [-0.3, -0.25) is 19.9 Å². The number of ether oxygens (including phenoxy) is 1. The summed E-state index contributed by atoms with van der Waals surface area (Å²) in [5.41, 5.74) is 16.4. The van der Waals surface area contributed by atoms with Gasteiger partial charge in [0.2, 0.25) is 11.8 Å². The van der Waals surface area contributed by atoms with Gasteiger partial charge in [0.05, 0.1) is 25.4 Å². The Morgan fingerprint density at radius 1 is 1.07 bits per heavy atom. The lowest BCUT2D eigenvalue weighted by molar-refractivity contribution is -0.136. The number of benzene rings is 3. The number of aliphatic imine (C=N–C) groups is 1. The Hall–Kier alpha value is -4.54. The zero-order valence-electron chi connectivity index (χ0n) is 24.5. The number of carbonyl (C=O) groups excluding carboxylic acids is 2. The lowest BCUT2D eigenvalue weighted by Gasteiger charge is -2.33. The highest BCUT2D eigenvalue weighted by Gasteiger charge is 2.28. The van der Waals surface area contributed by atoms with Crippen molar-refractivity contribution in [3.8, 4) is 5.75 Å². The number of hydrogen-bond acceptors (Lipinski definition) is 7. The maximum absolute atomic E-state index is 13.9. The lowest BCUT2D eigenvalue weighted by atomic mass is 9.93. The average molecular weight is 574 g/mol. The minimum Gasteiger partial charge on any atom is -0.496 e. The maximum Gasteiger partial charge on any atom is 0.339 e. The molecule has 2 unspecified atom stereocenters. The summed E-state index contributed by atoms with van der Waals surface area (Å²) in [4.78, 5) is 43.3. The first-order valence-corrected chi connectivity index (χ1v) is 13.6. The highest BCUT2D eigenvalue weighted by Crippen LogP contribution is 2.23. The standard InChI is InChI=1S/C32H39N5O5/c1-19-13-24(30(34)38)14-20(2)25(19)16-27(33)31(39)37(18-22-11-12-29(42-5)26(15-22)32(40)41)21(3)36-17-28(35-4)23-9-7-6-8-10-23/h6-15,21,27-28,36H,4,16-18,33H2,1-3,5H3,(H2,34,38)(H,40,41)/t21?,27-,28?/m0/s1. The normalized spacial score (nSPS) is 13.1. The molecule has 0 aromatic heterocycles. The number of carboxylic acids is 1. The monoisotopic (exact) mass is 573 g/mol. The van der Waals surface area contributed by atoms with Gasteiger partial charge in [-0.05, 0) is 86.0 Å². The molecule has 10 heteroatoms. The molecule has 0 aliphatic rings. The van der Waals surface area contributed by atoms with Crippen molar-refractivity contribution < 1.29 is 24.2 Å². The van der Waals surface area contributed by atoms with Gasteiger partial charge >= 0.3 is 5.97 Å². The second-order valence-electron chi connectivity index (χ2n) is 10.3. The van der Waals surface area contributed by atoms with E-state index in [2.05, 4.69) is 17.0 Å². The SMILES string of the molecule is C=NC(CNC(C)N(Cc1ccc(OC)c(C(=O)O)c1)C(=O)[C@@H](N)Cc1c(C)cc(C(N)=O)cc1C)c1ccccc1. The van der Waals surface area contributed by atoms with E-state index >= 15 is 0 Å². The van der Waals surface area contributed by atoms with Crippen molar-refractivity contribution in [2.45, 2.75) is 52.0 Å². The molecule has 2 amide bonds. The summed E-state index contributed by atoms with van der Waals surface area (Å²) in [5.74, 6) is -1.77. The Morgan fingerprint density at radius 3 is 2.26 bits per heavy atom. The summed E-state index contributed by atoms with van der Waals surface area (Å²) in [6.45, 7) is 9.78. The quantitative estimate of drug-likeness (QED) is 0.170. The van der Waals surface area contributed by atoms with E-state index in [-0.39, 0.29) is 36.2 Å². The van der Waals surface area contributed by atoms with Gasteiger partial charge in [0.1, 0.15) is 11.3 Å². The van der Waals surface area contributed by atoms with Crippen molar-refractivity contribution in [1.82, 2.24) is 10.2 Å². The fourth-order valence-corrected chi connectivity index (χ4v) is 4.96. The summed E-state index contributed by atoms with van der Waals surface area (Å²) in [7, 11) is 1.40. The number of nitrogens with two attached hydrogens (primary N) is 2. The minimum absolute atomic E-state index is 0.00639. The molecule has 0 saturated heterocycles. The number of aromatic carboxylic acids is 1. The van der Waals surface area contributed by atoms with Crippen LogP contribution in [0.15, 0.2) is 65.7 Å². The third kappa shape index (κ3) is 7.80. The molecule has 0 radical (unpaired) electrons. The zero-order valence-corrected chi connectivity index (χ0v) is 24.5. The highest BCUT2D eigenvalue weighted by molar-refractivity contribution is 5.93. The zero-order chi connectivity index (χ0) is 31.0. The first-order valence-electron chi connectivity index (χ1n) is 13.6. The molecule has 3 rings (SSSR count). The van der Waals surface area contributed by atoms with E-state index in [0.717, 1.165) is 22.3 Å². The van der Waals surface area contributed by atoms with Crippen molar-refractivity contribution in [1.29, 1.82) is 0 Å². The molecule has 222 valence electrons. The van der Waals surface area contributed by atoms with E-state index in [1.807, 2.05) is 51.1 Å². The molecule has 0 aliphatic carbocycles. The molecule has 0 fully saturated rings. The topological polar surface area (TPSA) is 160 Å². The van der Waals surface area contributed by atoms with Crippen molar-refractivity contribution in [2.75, 3.05) is 13.7 Å². The van der Waals surface area contributed by atoms with Crippen molar-refractivity contribution >= 4 is 24.5 Å². The van der Waals surface area contributed by atoms with Crippen molar-refractivity contribution in [3.63, 3.8) is 0 Å². The molecule has 42 heavy (non-hydrogen) atoms. The van der Waals surface area contributed by atoms with Crippen molar-refractivity contribution in [2.24, 2.45) is 16.5 Å². The molecule has 10 nitrogen and oxygen atoms in total. The first-order chi connectivity index (χ1) is 20.0. The van der Waals surface area contributed by atoms with E-state index < -0.39 is 24.1 Å². The Kier molecular flexibility index (Phi) is 11.0. The number of nitrogens with one attached hydrogen (secondary N) is 1. The smallest absolute Gasteiger partial charge is 0.339 e. The number of carbonyl (C=O) groups is 3. The molecule has 3 aromatic carbocycles. The molecule has 0 spiro atoms. The van der Waals surface area contributed by atoms with E-state index in [0.29, 0.717) is 17.7 Å². The van der Waals surface area contributed by atoms with Gasteiger partial charge in [-0.1, -0.05) is 36.4 Å². The number of carboxylic acid groups (broad SMARTS) is 1. The van der Waals surface area contributed by atoms with E-state index in [1.165, 1.54) is 13.2 Å². The summed E-state index contributed by atoms with van der Waals surface area (Å²) < 4.78 is 5.19. The summed E-state index contributed by atoms with van der Waals surface area (Å²) in [5, 5.41) is 13.1. The first kappa shape index (κ1) is 32.0. The Morgan fingerprint density at radius 2 is 1.71 bits per heavy atom. The number of amides is 2. The predicted octanol–water partition coefficient (Wildman–Crippen LogP) is 3.39. The predicted molar refractivity (Wildman–Crippen MR) is 163 cm³/mol. The minimum atomic E-state index is -1.14. The van der Waals surface area contributed by atoms with Gasteiger partial charge in [-0.2, -0.15) is 0 Å². The maximum atomic E-state index is 13.9. The largest absolute Gasteiger partial charge is 0.496 e. The highest BCUT2D eigenvalue weighted by atomic mass is 16.5. The van der Waals surface area contributed by atoms with Crippen LogP contribution in [0.25, 0.3) is 0 Å². The average Bonchev–Trinajstić information content (AvgIpc) is 2.97. The van der Waals surface area contributed by atoms with Crippen LogP contribution < -0.4 is 21.5 Å². The molecule has 0 bridgehead atoms. The van der Waals surface area contributed by atoms with Gasteiger partial charge in [0, 0.05) is 18.7 Å². The van der Waals surface area contributed by atoms with Crippen LogP contribution in [-0.4, -0.2) is 60.4 Å². The molecular formula is C32H39N5O5. The van der Waals surface area contributed by atoms with E-state index in [1.54, 1.807) is 29.2 Å². The Balaban J connectivity index is 1.90. The van der Waals surface area contributed by atoms with Gasteiger partial charge in [-0.25, -0.2) is 4.79 Å². The van der Waals surface area contributed by atoms with Crippen LogP contribution in [-0.2, 0) is 17.8 Å². The third-order valence-corrected chi connectivity index (χ3v) is 7.33. The number of methoxy groups -OCH3 is 1. The molecule has 6 N–H and O–H groups in total. The van der Waals surface area contributed by atoms with Crippen LogP contribution in [0.3, 0.4) is 0 Å². The summed E-state index contributed by atoms with van der Waals surface area (Å²) >= 11 is 0. The van der Waals surface area contributed by atoms with Crippen LogP contribution in [0.5, 0.6) is 5.75 Å². The van der Waals surface area contributed by atoms with Gasteiger partial charge < -0.3 is 26.2 Å². The fraction of sp³-hybridized carbons (Fsp3) is 0.312. The molecule has 3 atom stereocenters. The van der Waals surface area contributed by atoms with Gasteiger partial charge in [-0.15, -0.1) is 0 Å². The van der Waals surface area contributed by atoms with Crippen LogP contribution in [0.1, 0.15) is 61.5 Å². The third-order valence-electron chi connectivity index (χ3n) is 7.33. The summed E-state index contributed by atoms with van der Waals surface area (Å²) in [6.07, 6.45) is -0.255. The second-order valence-corrected chi connectivity index (χ2v) is 10.3. The Bertz CT molecular complexity index is 1420. The number of nitrogens with zero attached hydrogens (tertiary/aromatic N) is 2. The fourth-order valence-electron chi connectivity index (χ4n) is 4.96. The van der Waals surface area contributed by atoms with Crippen LogP contribution in [0.2, 0.25) is 0 Å². The number of rotatable bonds is 14. The molecular weight excluding hydrogens is 534 g/mol. The van der Waals surface area contributed by atoms with E-state index in [4.69, 9.17) is 16.2 Å². The summed E-state index contributed by atoms with van der Waals surface area (Å²) in [6, 6.07) is 16.7. The molecule has 3 aromatic rings. The number of aryl methyl sites for hydroxylation is 2. The Labute approximate surface area is 246 Å². The second kappa shape index (κ2) is 14.4. The van der Waals surface area contributed by atoms with E-state index in [9.17, 15) is 19.5 Å².